The van der Waals surface area contributed by atoms with Crippen LogP contribution in [0.25, 0.3) is 0 Å². The molecule has 17 heavy (non-hydrogen) atoms. The van der Waals surface area contributed by atoms with E-state index in [9.17, 15) is 9.59 Å². The van der Waals surface area contributed by atoms with E-state index in [-0.39, 0.29) is 12.6 Å². The van der Waals surface area contributed by atoms with Gasteiger partial charge < -0.3 is 14.9 Å². The molecular formula is C11H19NO5. The summed E-state index contributed by atoms with van der Waals surface area (Å²) in [5.74, 6) is -3.66. The molecule has 1 rings (SSSR count). The van der Waals surface area contributed by atoms with Crippen molar-refractivity contribution in [2.45, 2.75) is 19.4 Å². The molecule has 3 atom stereocenters. The van der Waals surface area contributed by atoms with Crippen LogP contribution < -0.4 is 0 Å². The number of hydrogen-bond acceptors (Lipinski definition) is 4. The van der Waals surface area contributed by atoms with Crippen LogP contribution in [0, 0.1) is 11.8 Å². The van der Waals surface area contributed by atoms with Crippen molar-refractivity contribution in [2.75, 3.05) is 26.7 Å². The molecule has 0 aromatic rings. The Morgan fingerprint density at radius 2 is 1.94 bits per heavy atom. The van der Waals surface area contributed by atoms with Crippen molar-refractivity contribution in [3.8, 4) is 0 Å². The average Bonchev–Trinajstić information content (AvgIpc) is 2.28. The maximum absolute atomic E-state index is 11.0. The quantitative estimate of drug-likeness (QED) is 0.716. The molecule has 0 aliphatic carbocycles. The van der Waals surface area contributed by atoms with Gasteiger partial charge in [-0.25, -0.2) is 0 Å². The summed E-state index contributed by atoms with van der Waals surface area (Å²) in [6.45, 7) is 3.42. The number of methoxy groups -OCH3 is 1. The number of carboxylic acid groups (broad SMARTS) is 2. The average molecular weight is 245 g/mol. The van der Waals surface area contributed by atoms with Crippen molar-refractivity contribution in [3.05, 3.63) is 0 Å². The molecule has 0 amide bonds. The van der Waals surface area contributed by atoms with Crippen molar-refractivity contribution < 1.29 is 24.5 Å². The molecule has 0 saturated carbocycles. The van der Waals surface area contributed by atoms with Crippen LogP contribution in [0.5, 0.6) is 0 Å². The largest absolute Gasteiger partial charge is 0.481 e. The van der Waals surface area contributed by atoms with Gasteiger partial charge in [0.05, 0.1) is 17.9 Å². The standard InChI is InChI=1S/C11H19NO5/c1-7(17-2)5-12-4-3-8(10(13)14)9(6-12)11(15)16/h7-9H,3-6H2,1-2H3,(H,13,14)(H,15,16). The molecule has 2 N–H and O–H groups in total. The minimum atomic E-state index is -1.04. The third-order valence-electron chi connectivity index (χ3n) is 3.25. The summed E-state index contributed by atoms with van der Waals surface area (Å²) in [6, 6.07) is 0. The van der Waals surface area contributed by atoms with E-state index in [1.165, 1.54) is 0 Å². The van der Waals surface area contributed by atoms with E-state index in [1.807, 2.05) is 11.8 Å². The molecule has 98 valence electrons. The van der Waals surface area contributed by atoms with Crippen LogP contribution in [0.1, 0.15) is 13.3 Å². The molecule has 0 aromatic carbocycles. The van der Waals surface area contributed by atoms with Crippen LogP contribution in [0.15, 0.2) is 0 Å². The molecule has 3 unspecified atom stereocenters. The van der Waals surface area contributed by atoms with Crippen molar-refractivity contribution in [2.24, 2.45) is 11.8 Å². The first-order valence-electron chi connectivity index (χ1n) is 5.66. The summed E-state index contributed by atoms with van der Waals surface area (Å²) in [7, 11) is 1.60. The number of piperidine rings is 1. The molecule has 1 aliphatic heterocycles. The Balaban J connectivity index is 2.62. The van der Waals surface area contributed by atoms with Crippen LogP contribution in [-0.2, 0) is 14.3 Å². The predicted molar refractivity (Wildman–Crippen MR) is 59.8 cm³/mol. The molecule has 0 radical (unpaired) electrons. The Morgan fingerprint density at radius 3 is 2.41 bits per heavy atom. The second kappa shape index (κ2) is 5.97. The second-order valence-electron chi connectivity index (χ2n) is 4.48. The topological polar surface area (TPSA) is 87.1 Å². The second-order valence-corrected chi connectivity index (χ2v) is 4.48. The Kier molecular flexibility index (Phi) is 4.89. The first-order valence-corrected chi connectivity index (χ1v) is 5.66. The van der Waals surface area contributed by atoms with Gasteiger partial charge in [0.15, 0.2) is 0 Å². The van der Waals surface area contributed by atoms with Crippen LogP contribution in [0.2, 0.25) is 0 Å². The third kappa shape index (κ3) is 3.67. The maximum atomic E-state index is 11.0. The first-order chi connectivity index (χ1) is 7.95. The summed E-state index contributed by atoms with van der Waals surface area (Å²) >= 11 is 0. The van der Waals surface area contributed by atoms with E-state index in [4.69, 9.17) is 14.9 Å². The normalized spacial score (nSPS) is 27.6. The minimum absolute atomic E-state index is 0.0193. The smallest absolute Gasteiger partial charge is 0.308 e. The third-order valence-corrected chi connectivity index (χ3v) is 3.25. The van der Waals surface area contributed by atoms with Gasteiger partial charge in [0.2, 0.25) is 0 Å². The molecule has 0 spiro atoms. The number of carbonyl (C=O) groups is 2. The fraction of sp³-hybridized carbons (Fsp3) is 0.818. The number of aliphatic carboxylic acids is 2. The van der Waals surface area contributed by atoms with Gasteiger partial charge in [-0.15, -0.1) is 0 Å². The molecule has 0 aromatic heterocycles. The zero-order chi connectivity index (χ0) is 13.0. The van der Waals surface area contributed by atoms with Gasteiger partial charge in [-0.2, -0.15) is 0 Å². The lowest BCUT2D eigenvalue weighted by atomic mass is 9.85. The molecule has 6 heteroatoms. The zero-order valence-electron chi connectivity index (χ0n) is 10.1. The van der Waals surface area contributed by atoms with E-state index < -0.39 is 23.8 Å². The molecule has 1 saturated heterocycles. The Bertz CT molecular complexity index is 294. The number of nitrogens with zero attached hydrogens (tertiary/aromatic N) is 1. The van der Waals surface area contributed by atoms with Gasteiger partial charge in [-0.1, -0.05) is 0 Å². The van der Waals surface area contributed by atoms with Gasteiger partial charge in [0.25, 0.3) is 0 Å². The van der Waals surface area contributed by atoms with E-state index >= 15 is 0 Å². The molecule has 1 fully saturated rings. The first kappa shape index (κ1) is 13.9. The Morgan fingerprint density at radius 1 is 1.35 bits per heavy atom. The monoisotopic (exact) mass is 245 g/mol. The lowest BCUT2D eigenvalue weighted by Crippen LogP contribution is -2.48. The van der Waals surface area contributed by atoms with E-state index in [1.54, 1.807) is 7.11 Å². The number of ether oxygens (including phenoxy) is 1. The zero-order valence-corrected chi connectivity index (χ0v) is 10.1. The van der Waals surface area contributed by atoms with Crippen molar-refractivity contribution in [3.63, 3.8) is 0 Å². The van der Waals surface area contributed by atoms with Gasteiger partial charge in [-0.05, 0) is 19.9 Å². The molecule has 6 nitrogen and oxygen atoms in total. The summed E-state index contributed by atoms with van der Waals surface area (Å²) in [6.07, 6.45) is 0.397. The Hall–Kier alpha value is -1.14. The van der Waals surface area contributed by atoms with Crippen molar-refractivity contribution in [1.29, 1.82) is 0 Å². The molecular weight excluding hydrogens is 226 g/mol. The number of likely N-dealkylation sites (tertiary alicyclic amines) is 1. The Labute approximate surface area is 100 Å². The summed E-state index contributed by atoms with van der Waals surface area (Å²) in [4.78, 5) is 23.9. The molecule has 1 aliphatic rings. The highest BCUT2D eigenvalue weighted by molar-refractivity contribution is 5.80. The van der Waals surface area contributed by atoms with Crippen molar-refractivity contribution >= 4 is 11.9 Å². The summed E-state index contributed by atoms with van der Waals surface area (Å²) in [5, 5.41) is 18.0. The fourth-order valence-electron chi connectivity index (χ4n) is 2.17. The van der Waals surface area contributed by atoms with Gasteiger partial charge in [0.1, 0.15) is 0 Å². The fourth-order valence-corrected chi connectivity index (χ4v) is 2.17. The SMILES string of the molecule is COC(C)CN1CCC(C(=O)O)C(C(=O)O)C1. The number of carboxylic acids is 2. The highest BCUT2D eigenvalue weighted by Gasteiger charge is 2.38. The highest BCUT2D eigenvalue weighted by Crippen LogP contribution is 2.24. The van der Waals surface area contributed by atoms with Crippen molar-refractivity contribution in [1.82, 2.24) is 4.90 Å². The molecule has 0 bridgehead atoms. The van der Waals surface area contributed by atoms with Crippen LogP contribution in [0.4, 0.5) is 0 Å². The van der Waals surface area contributed by atoms with Crippen LogP contribution in [-0.4, -0.2) is 59.9 Å². The van der Waals surface area contributed by atoms with Crippen LogP contribution >= 0.6 is 0 Å². The number of hydrogen-bond donors (Lipinski definition) is 2. The molecule has 1 heterocycles. The van der Waals surface area contributed by atoms with E-state index in [0.29, 0.717) is 19.5 Å². The number of rotatable bonds is 5. The lowest BCUT2D eigenvalue weighted by Gasteiger charge is -2.35. The minimum Gasteiger partial charge on any atom is -0.481 e. The van der Waals surface area contributed by atoms with E-state index in [2.05, 4.69) is 0 Å². The lowest BCUT2D eigenvalue weighted by molar-refractivity contribution is -0.157. The summed E-state index contributed by atoms with van der Waals surface area (Å²) < 4.78 is 5.12. The maximum Gasteiger partial charge on any atom is 0.308 e. The highest BCUT2D eigenvalue weighted by atomic mass is 16.5. The van der Waals surface area contributed by atoms with Gasteiger partial charge in [0, 0.05) is 20.2 Å². The van der Waals surface area contributed by atoms with Crippen LogP contribution in [0.3, 0.4) is 0 Å². The van der Waals surface area contributed by atoms with Gasteiger partial charge in [-0.3, -0.25) is 14.5 Å². The van der Waals surface area contributed by atoms with E-state index in [0.717, 1.165) is 0 Å². The van der Waals surface area contributed by atoms with Gasteiger partial charge >= 0.3 is 11.9 Å². The predicted octanol–water partition coefficient (Wildman–Crippen LogP) is 0.129. The summed E-state index contributed by atoms with van der Waals surface area (Å²) in [5.41, 5.74) is 0.